The van der Waals surface area contributed by atoms with Crippen molar-refractivity contribution in [2.24, 2.45) is 0 Å². The first-order chi connectivity index (χ1) is 11.7. The minimum atomic E-state index is -0.822. The molecule has 2 aromatic rings. The lowest BCUT2D eigenvalue weighted by atomic mass is 10.2. The molecule has 1 aliphatic heterocycles. The third kappa shape index (κ3) is 3.53. The number of nitrogens with zero attached hydrogens (tertiary/aromatic N) is 5. The fourth-order valence-corrected chi connectivity index (χ4v) is 3.15. The fourth-order valence-electron chi connectivity index (χ4n) is 3.15. The van der Waals surface area contributed by atoms with E-state index in [4.69, 9.17) is 4.52 Å². The molecular formula is C16H21FN6O. The molecule has 1 saturated heterocycles. The highest BCUT2D eigenvalue weighted by atomic mass is 19.1. The molecule has 0 bridgehead atoms. The van der Waals surface area contributed by atoms with Crippen LogP contribution in [0.5, 0.6) is 0 Å². The van der Waals surface area contributed by atoms with Gasteiger partial charge in [-0.05, 0) is 25.3 Å². The van der Waals surface area contributed by atoms with Crippen molar-refractivity contribution >= 4 is 5.82 Å². The van der Waals surface area contributed by atoms with Gasteiger partial charge in [0.25, 0.3) is 0 Å². The summed E-state index contributed by atoms with van der Waals surface area (Å²) in [5, 5.41) is 7.23. The number of halogens is 1. The summed E-state index contributed by atoms with van der Waals surface area (Å²) in [6.45, 7) is 3.29. The third-order valence-corrected chi connectivity index (χ3v) is 4.53. The van der Waals surface area contributed by atoms with Crippen LogP contribution in [0.4, 0.5) is 10.2 Å². The maximum absolute atomic E-state index is 13.9. The average Bonchev–Trinajstić information content (AvgIpc) is 3.26. The molecule has 4 rings (SSSR count). The zero-order valence-corrected chi connectivity index (χ0v) is 13.7. The number of aryl methyl sites for hydroxylation is 1. The smallest absolute Gasteiger partial charge is 0.223 e. The maximum atomic E-state index is 13.9. The van der Waals surface area contributed by atoms with Gasteiger partial charge in [0.05, 0.1) is 6.54 Å². The summed E-state index contributed by atoms with van der Waals surface area (Å²) in [5.74, 6) is 3.37. The number of nitrogens with one attached hydrogen (secondary N) is 1. The van der Waals surface area contributed by atoms with Crippen molar-refractivity contribution in [3.05, 3.63) is 29.8 Å². The van der Waals surface area contributed by atoms with Crippen LogP contribution in [0, 0.1) is 6.92 Å². The number of aromatic nitrogens is 4. The molecule has 128 valence electrons. The second-order valence-corrected chi connectivity index (χ2v) is 6.60. The summed E-state index contributed by atoms with van der Waals surface area (Å²) >= 11 is 0. The molecule has 2 aliphatic rings. The maximum Gasteiger partial charge on any atom is 0.223 e. The van der Waals surface area contributed by atoms with Crippen molar-refractivity contribution in [3.8, 4) is 0 Å². The van der Waals surface area contributed by atoms with Crippen molar-refractivity contribution in [2.45, 2.75) is 50.9 Å². The summed E-state index contributed by atoms with van der Waals surface area (Å²) in [7, 11) is 0. The molecule has 0 radical (unpaired) electrons. The van der Waals surface area contributed by atoms with Crippen molar-refractivity contribution in [1.82, 2.24) is 25.0 Å². The third-order valence-electron chi connectivity index (χ3n) is 4.53. The van der Waals surface area contributed by atoms with Gasteiger partial charge in [-0.15, -0.1) is 0 Å². The lowest BCUT2D eigenvalue weighted by molar-refractivity contribution is 0.232. The first-order valence-electron chi connectivity index (χ1n) is 8.41. The SMILES string of the molecule is Cc1nc(CN2C[C@@H](F)C[C@H]2CNc2ccnc(C3CC3)n2)no1. The van der Waals surface area contributed by atoms with Crippen LogP contribution >= 0.6 is 0 Å². The number of anilines is 1. The van der Waals surface area contributed by atoms with Gasteiger partial charge in [-0.25, -0.2) is 14.4 Å². The normalized spacial score (nSPS) is 24.4. The van der Waals surface area contributed by atoms with Crippen LogP contribution in [-0.4, -0.2) is 50.3 Å². The van der Waals surface area contributed by atoms with Gasteiger partial charge in [-0.1, -0.05) is 5.16 Å². The van der Waals surface area contributed by atoms with Crippen LogP contribution in [0.3, 0.4) is 0 Å². The molecule has 1 saturated carbocycles. The Balaban J connectivity index is 1.37. The molecule has 8 heteroatoms. The summed E-state index contributed by atoms with van der Waals surface area (Å²) < 4.78 is 18.9. The molecule has 1 N–H and O–H groups in total. The summed E-state index contributed by atoms with van der Waals surface area (Å²) in [4.78, 5) is 15.1. The van der Waals surface area contributed by atoms with Gasteiger partial charge >= 0.3 is 0 Å². The predicted octanol–water partition coefficient (Wildman–Crippen LogP) is 2.07. The second kappa shape index (κ2) is 6.43. The Morgan fingerprint density at radius 1 is 1.38 bits per heavy atom. The van der Waals surface area contributed by atoms with Gasteiger partial charge < -0.3 is 9.84 Å². The van der Waals surface area contributed by atoms with Crippen LogP contribution in [-0.2, 0) is 6.54 Å². The topological polar surface area (TPSA) is 80.0 Å². The Morgan fingerprint density at radius 2 is 2.25 bits per heavy atom. The van der Waals surface area contributed by atoms with Crippen molar-refractivity contribution in [2.75, 3.05) is 18.4 Å². The molecule has 0 unspecified atom stereocenters. The number of hydrogen-bond donors (Lipinski definition) is 1. The van der Waals surface area contributed by atoms with Gasteiger partial charge in [-0.2, -0.15) is 4.98 Å². The highest BCUT2D eigenvalue weighted by Gasteiger charge is 2.33. The van der Waals surface area contributed by atoms with E-state index in [2.05, 4.69) is 30.3 Å². The Morgan fingerprint density at radius 3 is 3.00 bits per heavy atom. The Hall–Kier alpha value is -2.09. The van der Waals surface area contributed by atoms with Crippen LogP contribution in [0.15, 0.2) is 16.8 Å². The zero-order valence-electron chi connectivity index (χ0n) is 13.7. The number of alkyl halides is 1. The Bertz CT molecular complexity index is 703. The predicted molar refractivity (Wildman–Crippen MR) is 85.2 cm³/mol. The van der Waals surface area contributed by atoms with Gasteiger partial charge in [0.15, 0.2) is 5.82 Å². The fraction of sp³-hybridized carbons (Fsp3) is 0.625. The van der Waals surface area contributed by atoms with Crippen LogP contribution < -0.4 is 5.32 Å². The Labute approximate surface area is 139 Å². The average molecular weight is 332 g/mol. The molecule has 2 atom stereocenters. The van der Waals surface area contributed by atoms with E-state index >= 15 is 0 Å². The highest BCUT2D eigenvalue weighted by molar-refractivity contribution is 5.34. The number of rotatable bonds is 6. The largest absolute Gasteiger partial charge is 0.368 e. The van der Waals surface area contributed by atoms with Gasteiger partial charge in [0, 0.05) is 38.2 Å². The van der Waals surface area contributed by atoms with E-state index in [-0.39, 0.29) is 6.04 Å². The zero-order chi connectivity index (χ0) is 16.5. The van der Waals surface area contributed by atoms with E-state index in [1.54, 1.807) is 13.1 Å². The van der Waals surface area contributed by atoms with Crippen molar-refractivity contribution in [3.63, 3.8) is 0 Å². The van der Waals surface area contributed by atoms with E-state index < -0.39 is 6.17 Å². The number of likely N-dealkylation sites (tertiary alicyclic amines) is 1. The van der Waals surface area contributed by atoms with Crippen LogP contribution in [0.1, 0.15) is 42.7 Å². The van der Waals surface area contributed by atoms with Crippen molar-refractivity contribution in [1.29, 1.82) is 0 Å². The van der Waals surface area contributed by atoms with Gasteiger partial charge in [0.1, 0.15) is 17.8 Å². The molecule has 0 aromatic carbocycles. The summed E-state index contributed by atoms with van der Waals surface area (Å²) in [6, 6.07) is 1.94. The van der Waals surface area contributed by atoms with E-state index in [9.17, 15) is 4.39 Å². The molecule has 0 spiro atoms. The summed E-state index contributed by atoms with van der Waals surface area (Å²) in [6.07, 6.45) is 3.82. The van der Waals surface area contributed by atoms with Gasteiger partial charge in [-0.3, -0.25) is 4.90 Å². The molecule has 7 nitrogen and oxygen atoms in total. The first kappa shape index (κ1) is 15.4. The number of hydrogen-bond acceptors (Lipinski definition) is 7. The summed E-state index contributed by atoms with van der Waals surface area (Å²) in [5.41, 5.74) is 0. The minimum absolute atomic E-state index is 0.0816. The van der Waals surface area contributed by atoms with Gasteiger partial charge in [0.2, 0.25) is 5.89 Å². The molecule has 2 fully saturated rings. The lowest BCUT2D eigenvalue weighted by Crippen LogP contribution is -2.35. The molecule has 24 heavy (non-hydrogen) atoms. The second-order valence-electron chi connectivity index (χ2n) is 6.60. The van der Waals surface area contributed by atoms with Crippen LogP contribution in [0.25, 0.3) is 0 Å². The van der Waals surface area contributed by atoms with E-state index in [0.717, 1.165) is 11.6 Å². The minimum Gasteiger partial charge on any atom is -0.368 e. The standard InChI is InChI=1S/C16H21FN6O/c1-10-20-15(22-24-10)9-23-8-12(17)6-13(23)7-19-14-4-5-18-16(21-14)11-2-3-11/h4-5,11-13H,2-3,6-9H2,1H3,(H,18,19,21)/t12-,13-/m0/s1. The lowest BCUT2D eigenvalue weighted by Gasteiger charge is -2.23. The van der Waals surface area contributed by atoms with Crippen molar-refractivity contribution < 1.29 is 8.91 Å². The molecule has 3 heterocycles. The highest BCUT2D eigenvalue weighted by Crippen LogP contribution is 2.38. The van der Waals surface area contributed by atoms with E-state index in [1.807, 2.05) is 6.07 Å². The first-order valence-corrected chi connectivity index (χ1v) is 8.41. The van der Waals surface area contributed by atoms with Crippen LogP contribution in [0.2, 0.25) is 0 Å². The quantitative estimate of drug-likeness (QED) is 0.867. The molecule has 0 amide bonds. The van der Waals surface area contributed by atoms with E-state index in [0.29, 0.717) is 43.7 Å². The van der Waals surface area contributed by atoms with E-state index in [1.165, 1.54) is 12.8 Å². The molecular weight excluding hydrogens is 311 g/mol. The monoisotopic (exact) mass is 332 g/mol. The molecule has 2 aromatic heterocycles. The Kier molecular flexibility index (Phi) is 4.13. The molecule has 1 aliphatic carbocycles.